The van der Waals surface area contributed by atoms with Gasteiger partial charge in [-0.15, -0.1) is 0 Å². The maximum Gasteiger partial charge on any atom is 0.338 e. The van der Waals surface area contributed by atoms with Crippen LogP contribution in [0.1, 0.15) is 28.4 Å². The molecule has 1 aromatic rings. The van der Waals surface area contributed by atoms with Crippen molar-refractivity contribution in [3.8, 4) is 6.07 Å². The van der Waals surface area contributed by atoms with Crippen molar-refractivity contribution in [1.29, 1.82) is 5.26 Å². The van der Waals surface area contributed by atoms with Crippen LogP contribution in [0.15, 0.2) is 12.1 Å². The highest BCUT2D eigenvalue weighted by Crippen LogP contribution is 2.26. The van der Waals surface area contributed by atoms with Gasteiger partial charge in [0.15, 0.2) is 0 Å². The predicted molar refractivity (Wildman–Crippen MR) is 58.5 cm³/mol. The number of hydrogen-bond acceptors (Lipinski definition) is 5. The van der Waals surface area contributed by atoms with E-state index in [-0.39, 0.29) is 29.0 Å². The van der Waals surface area contributed by atoms with Gasteiger partial charge >= 0.3 is 5.97 Å². The summed E-state index contributed by atoms with van der Waals surface area (Å²) >= 11 is 0. The molecule has 6 nitrogen and oxygen atoms in total. The molecule has 6 heteroatoms. The van der Waals surface area contributed by atoms with E-state index in [1.54, 1.807) is 13.0 Å². The number of rotatable bonds is 3. The summed E-state index contributed by atoms with van der Waals surface area (Å²) < 4.78 is 4.77. The Morgan fingerprint density at radius 3 is 2.71 bits per heavy atom. The Kier molecular flexibility index (Phi) is 3.78. The Morgan fingerprint density at radius 1 is 1.59 bits per heavy atom. The maximum atomic E-state index is 11.5. The molecular weight excluding hydrogens is 224 g/mol. The number of ether oxygens (including phenoxy) is 1. The smallest absolute Gasteiger partial charge is 0.338 e. The Labute approximate surface area is 97.6 Å². The zero-order valence-electron chi connectivity index (χ0n) is 9.39. The van der Waals surface area contributed by atoms with Crippen LogP contribution in [0.5, 0.6) is 0 Å². The topological polar surface area (TPSA) is 93.2 Å². The largest absolute Gasteiger partial charge is 0.462 e. The van der Waals surface area contributed by atoms with Crippen LogP contribution in [0.2, 0.25) is 0 Å². The zero-order chi connectivity index (χ0) is 13.0. The molecule has 0 saturated carbocycles. The second kappa shape index (κ2) is 5.07. The molecule has 0 aliphatic heterocycles. The Morgan fingerprint density at radius 2 is 2.24 bits per heavy atom. The number of esters is 1. The highest BCUT2D eigenvalue weighted by atomic mass is 16.6. The third kappa shape index (κ3) is 2.39. The van der Waals surface area contributed by atoms with Crippen molar-refractivity contribution in [2.24, 2.45) is 0 Å². The van der Waals surface area contributed by atoms with Crippen molar-refractivity contribution in [1.82, 2.24) is 0 Å². The Bertz CT molecular complexity index is 517. The van der Waals surface area contributed by atoms with E-state index in [1.807, 2.05) is 0 Å². The van der Waals surface area contributed by atoms with Crippen molar-refractivity contribution >= 4 is 11.7 Å². The molecule has 0 N–H and O–H groups in total. The molecule has 0 aromatic heterocycles. The highest BCUT2D eigenvalue weighted by molar-refractivity contribution is 5.92. The summed E-state index contributed by atoms with van der Waals surface area (Å²) in [4.78, 5) is 21.7. The highest BCUT2D eigenvalue weighted by Gasteiger charge is 2.23. The molecule has 0 bridgehead atoms. The second-order valence-electron chi connectivity index (χ2n) is 3.22. The first-order valence-corrected chi connectivity index (χ1v) is 4.88. The van der Waals surface area contributed by atoms with Crippen LogP contribution in [-0.4, -0.2) is 17.5 Å². The average molecular weight is 234 g/mol. The summed E-state index contributed by atoms with van der Waals surface area (Å²) in [5, 5.41) is 19.6. The van der Waals surface area contributed by atoms with E-state index in [0.717, 1.165) is 0 Å². The lowest BCUT2D eigenvalue weighted by atomic mass is 10.0. The number of carbonyl (C=O) groups excluding carboxylic acids is 1. The van der Waals surface area contributed by atoms with E-state index in [9.17, 15) is 14.9 Å². The predicted octanol–water partition coefficient (Wildman–Crippen LogP) is 1.95. The SMILES string of the molecule is CCOC(=O)c1ccc(C#N)c([N+](=O)[O-])c1C. The van der Waals surface area contributed by atoms with E-state index >= 15 is 0 Å². The van der Waals surface area contributed by atoms with Crippen molar-refractivity contribution < 1.29 is 14.5 Å². The molecule has 17 heavy (non-hydrogen) atoms. The lowest BCUT2D eigenvalue weighted by Gasteiger charge is -2.06. The number of nitro groups is 1. The minimum atomic E-state index is -0.670. The van der Waals surface area contributed by atoms with Gasteiger partial charge in [-0.2, -0.15) is 5.26 Å². The average Bonchev–Trinajstić information content (AvgIpc) is 2.27. The summed E-state index contributed by atoms with van der Waals surface area (Å²) in [6.07, 6.45) is 0. The molecule has 0 aliphatic rings. The lowest BCUT2D eigenvalue weighted by Crippen LogP contribution is -2.09. The lowest BCUT2D eigenvalue weighted by molar-refractivity contribution is -0.385. The van der Waals surface area contributed by atoms with Crippen LogP contribution in [0.3, 0.4) is 0 Å². The van der Waals surface area contributed by atoms with Crippen molar-refractivity contribution in [2.75, 3.05) is 6.61 Å². The molecule has 0 amide bonds. The summed E-state index contributed by atoms with van der Waals surface area (Å²) in [6.45, 7) is 3.25. The molecule has 88 valence electrons. The molecule has 0 spiro atoms. The van der Waals surface area contributed by atoms with Gasteiger partial charge in [-0.25, -0.2) is 4.79 Å². The van der Waals surface area contributed by atoms with Crippen molar-refractivity contribution in [2.45, 2.75) is 13.8 Å². The third-order valence-electron chi connectivity index (χ3n) is 2.23. The quantitative estimate of drug-likeness (QED) is 0.452. The van der Waals surface area contributed by atoms with Gasteiger partial charge in [-0.1, -0.05) is 0 Å². The van der Waals surface area contributed by atoms with E-state index in [1.165, 1.54) is 19.1 Å². The first kappa shape index (κ1) is 12.6. The Hall–Kier alpha value is -2.42. The number of nitrogens with zero attached hydrogens (tertiary/aromatic N) is 2. The van der Waals surface area contributed by atoms with E-state index in [0.29, 0.717) is 0 Å². The van der Waals surface area contributed by atoms with Crippen molar-refractivity contribution in [3.05, 3.63) is 38.9 Å². The van der Waals surface area contributed by atoms with Gasteiger partial charge in [-0.05, 0) is 26.0 Å². The van der Waals surface area contributed by atoms with Gasteiger partial charge in [0.1, 0.15) is 11.6 Å². The summed E-state index contributed by atoms with van der Waals surface area (Å²) in [7, 11) is 0. The number of nitriles is 1. The van der Waals surface area contributed by atoms with Gasteiger partial charge in [0, 0.05) is 5.56 Å². The second-order valence-corrected chi connectivity index (χ2v) is 3.22. The van der Waals surface area contributed by atoms with Crippen LogP contribution >= 0.6 is 0 Å². The normalized spacial score (nSPS) is 9.47. The van der Waals surface area contributed by atoms with Gasteiger partial charge in [0.05, 0.1) is 17.1 Å². The van der Waals surface area contributed by atoms with Gasteiger partial charge in [0.2, 0.25) is 0 Å². The van der Waals surface area contributed by atoms with E-state index < -0.39 is 10.9 Å². The van der Waals surface area contributed by atoms with E-state index in [4.69, 9.17) is 10.00 Å². The fourth-order valence-electron chi connectivity index (χ4n) is 1.46. The first-order valence-electron chi connectivity index (χ1n) is 4.88. The van der Waals surface area contributed by atoms with Crippen molar-refractivity contribution in [3.63, 3.8) is 0 Å². The van der Waals surface area contributed by atoms with Crippen LogP contribution < -0.4 is 0 Å². The number of hydrogen-bond donors (Lipinski definition) is 0. The van der Waals surface area contributed by atoms with Crippen LogP contribution in [0, 0.1) is 28.4 Å². The summed E-state index contributed by atoms with van der Waals surface area (Å²) in [5.41, 5.74) is -0.163. The molecule has 0 atom stereocenters. The monoisotopic (exact) mass is 234 g/mol. The maximum absolute atomic E-state index is 11.5. The third-order valence-corrected chi connectivity index (χ3v) is 2.23. The molecule has 1 aromatic carbocycles. The first-order chi connectivity index (χ1) is 8.02. The summed E-state index contributed by atoms with van der Waals surface area (Å²) in [5.74, 6) is -0.627. The molecule has 1 rings (SSSR count). The Balaban J connectivity index is 3.39. The zero-order valence-corrected chi connectivity index (χ0v) is 9.39. The molecule has 0 aliphatic carbocycles. The number of benzene rings is 1. The van der Waals surface area contributed by atoms with Crippen LogP contribution in [-0.2, 0) is 4.74 Å². The fourth-order valence-corrected chi connectivity index (χ4v) is 1.46. The van der Waals surface area contributed by atoms with Gasteiger partial charge < -0.3 is 4.74 Å². The molecular formula is C11H10N2O4. The standard InChI is InChI=1S/C11H10N2O4/c1-3-17-11(14)9-5-4-8(6-12)10(7(9)2)13(15)16/h4-5H,3H2,1-2H3. The van der Waals surface area contributed by atoms with Gasteiger partial charge in [-0.3, -0.25) is 10.1 Å². The molecule has 0 unspecified atom stereocenters. The molecule has 0 fully saturated rings. The molecule has 0 saturated heterocycles. The molecule has 0 radical (unpaired) electrons. The fraction of sp³-hybridized carbons (Fsp3) is 0.273. The van der Waals surface area contributed by atoms with Crippen LogP contribution in [0.4, 0.5) is 5.69 Å². The van der Waals surface area contributed by atoms with E-state index in [2.05, 4.69) is 0 Å². The number of nitro benzene ring substituents is 1. The summed E-state index contributed by atoms with van der Waals surface area (Å²) in [6, 6.07) is 4.33. The minimum absolute atomic E-state index is 0.0689. The van der Waals surface area contributed by atoms with Crippen LogP contribution in [0.25, 0.3) is 0 Å². The minimum Gasteiger partial charge on any atom is -0.462 e. The van der Waals surface area contributed by atoms with Gasteiger partial charge in [0.25, 0.3) is 5.69 Å². The molecule has 0 heterocycles. The number of carbonyl (C=O) groups is 1.